The fraction of sp³-hybridized carbons (Fsp3) is 0.125. The zero-order valence-electron chi connectivity index (χ0n) is 13.0. The molecule has 0 bridgehead atoms. The highest BCUT2D eigenvalue weighted by Gasteiger charge is 2.08. The third kappa shape index (κ3) is 2.89. The fourth-order valence-electron chi connectivity index (χ4n) is 2.15. The number of hydrogen-bond acceptors (Lipinski definition) is 6. The van der Waals surface area contributed by atoms with Crippen molar-refractivity contribution in [3.05, 3.63) is 68.0 Å². The first-order valence-electron chi connectivity index (χ1n) is 7.04. The zero-order chi connectivity index (χ0) is 17.3. The van der Waals surface area contributed by atoms with Gasteiger partial charge < -0.3 is 9.84 Å². The Morgan fingerprint density at radius 2 is 1.96 bits per heavy atom. The van der Waals surface area contributed by atoms with Crippen LogP contribution in [0.3, 0.4) is 0 Å². The predicted molar refractivity (Wildman–Crippen MR) is 88.1 cm³/mol. The molecule has 0 unspecified atom stereocenters. The van der Waals surface area contributed by atoms with Crippen molar-refractivity contribution < 1.29 is 9.84 Å². The van der Waals surface area contributed by atoms with Crippen LogP contribution in [0.4, 0.5) is 0 Å². The van der Waals surface area contributed by atoms with Gasteiger partial charge in [-0.05, 0) is 31.2 Å². The van der Waals surface area contributed by atoms with Crippen LogP contribution in [0.1, 0.15) is 17.0 Å². The van der Waals surface area contributed by atoms with Crippen molar-refractivity contribution in [3.63, 3.8) is 0 Å². The van der Waals surface area contributed by atoms with E-state index in [-0.39, 0.29) is 17.2 Å². The third-order valence-electron chi connectivity index (χ3n) is 3.35. The summed E-state index contributed by atoms with van der Waals surface area (Å²) in [5.74, 6) is 0.552. The Bertz CT molecular complexity index is 1050. The number of H-pyrrole nitrogens is 1. The maximum atomic E-state index is 12.1. The summed E-state index contributed by atoms with van der Waals surface area (Å²) >= 11 is 0. The molecule has 3 rings (SSSR count). The third-order valence-corrected chi connectivity index (χ3v) is 3.35. The molecule has 8 heteroatoms. The highest BCUT2D eigenvalue weighted by molar-refractivity contribution is 5.75. The number of aromatic amines is 1. The second-order valence-corrected chi connectivity index (χ2v) is 5.07. The molecule has 0 aliphatic rings. The van der Waals surface area contributed by atoms with Crippen molar-refractivity contribution in [3.8, 4) is 5.75 Å². The Morgan fingerprint density at radius 1 is 1.25 bits per heavy atom. The summed E-state index contributed by atoms with van der Waals surface area (Å²) in [5.41, 5.74) is -0.131. The Kier molecular flexibility index (Phi) is 3.87. The van der Waals surface area contributed by atoms with Gasteiger partial charge >= 0.3 is 0 Å². The average Bonchev–Trinajstić information content (AvgIpc) is 2.56. The molecule has 3 aromatic rings. The fourth-order valence-corrected chi connectivity index (χ4v) is 2.15. The highest BCUT2D eigenvalue weighted by Crippen LogP contribution is 2.17. The van der Waals surface area contributed by atoms with Gasteiger partial charge in [-0.2, -0.15) is 4.52 Å². The molecule has 0 aliphatic heterocycles. The van der Waals surface area contributed by atoms with Crippen LogP contribution in [0, 0.1) is 6.92 Å². The first-order valence-corrected chi connectivity index (χ1v) is 7.04. The van der Waals surface area contributed by atoms with E-state index in [1.807, 2.05) is 0 Å². The van der Waals surface area contributed by atoms with Crippen LogP contribution in [0.5, 0.6) is 5.75 Å². The predicted octanol–water partition coefficient (Wildman–Crippen LogP) is 1.15. The molecule has 0 spiro atoms. The lowest BCUT2D eigenvalue weighted by molar-refractivity contribution is 0.414. The van der Waals surface area contributed by atoms with Crippen LogP contribution < -0.4 is 15.9 Å². The molecule has 2 aromatic heterocycles. The van der Waals surface area contributed by atoms with Gasteiger partial charge in [0.2, 0.25) is 0 Å². The summed E-state index contributed by atoms with van der Waals surface area (Å²) in [4.78, 5) is 32.0. The maximum absolute atomic E-state index is 12.1. The van der Waals surface area contributed by atoms with E-state index >= 15 is 0 Å². The second-order valence-electron chi connectivity index (χ2n) is 5.07. The first kappa shape index (κ1) is 15.5. The minimum Gasteiger partial charge on any atom is -0.507 e. The van der Waals surface area contributed by atoms with Crippen molar-refractivity contribution in [1.29, 1.82) is 0 Å². The topological polar surface area (TPSA) is 110 Å². The van der Waals surface area contributed by atoms with Gasteiger partial charge in [0.05, 0.1) is 7.11 Å². The molecule has 122 valence electrons. The van der Waals surface area contributed by atoms with Gasteiger partial charge in [-0.1, -0.05) is 0 Å². The number of hydrogen-bond donors (Lipinski definition) is 2. The molecule has 24 heavy (non-hydrogen) atoms. The minimum atomic E-state index is -0.615. The molecule has 0 saturated heterocycles. The van der Waals surface area contributed by atoms with E-state index in [9.17, 15) is 14.7 Å². The number of ether oxygens (including phenoxy) is 1. The molecule has 0 radical (unpaired) electrons. The summed E-state index contributed by atoms with van der Waals surface area (Å²) < 4.78 is 6.00. The highest BCUT2D eigenvalue weighted by atomic mass is 16.5. The van der Waals surface area contributed by atoms with E-state index in [0.717, 1.165) is 4.52 Å². The molecular weight excluding hydrogens is 312 g/mol. The minimum absolute atomic E-state index is 0.0494. The number of aryl methyl sites for hydroxylation is 1. The van der Waals surface area contributed by atoms with E-state index in [2.05, 4.69) is 15.1 Å². The summed E-state index contributed by atoms with van der Waals surface area (Å²) in [6, 6.07) is 7.94. The van der Waals surface area contributed by atoms with Crippen molar-refractivity contribution >= 4 is 17.6 Å². The number of aliphatic hydroxyl groups is 1. The maximum Gasteiger partial charge on any atom is 0.289 e. The van der Waals surface area contributed by atoms with E-state index in [0.29, 0.717) is 17.0 Å². The molecule has 2 N–H and O–H groups in total. The van der Waals surface area contributed by atoms with E-state index < -0.39 is 11.1 Å². The number of aliphatic hydroxyl groups excluding tert-OH is 1. The molecule has 0 atom stereocenters. The molecule has 1 aromatic carbocycles. The quantitative estimate of drug-likeness (QED) is 0.699. The Balaban J connectivity index is 2.09. The monoisotopic (exact) mass is 326 g/mol. The van der Waals surface area contributed by atoms with Crippen LogP contribution >= 0.6 is 0 Å². The molecule has 0 fully saturated rings. The standard InChI is InChI=1S/C16H14N4O4/c1-9-7-14(22)20-16(17-9)18-12(15(23)19-20)8-13(21)10-3-5-11(24-2)6-4-10/h3-8,21H,1-2H3,(H,19,23). The van der Waals surface area contributed by atoms with Crippen LogP contribution in [0.15, 0.2) is 39.9 Å². The molecule has 8 nitrogen and oxygen atoms in total. The van der Waals surface area contributed by atoms with Gasteiger partial charge in [0.1, 0.15) is 17.2 Å². The van der Waals surface area contributed by atoms with Gasteiger partial charge in [-0.25, -0.2) is 9.97 Å². The normalized spacial score (nSPS) is 11.7. The number of nitrogens with zero attached hydrogens (tertiary/aromatic N) is 3. The van der Waals surface area contributed by atoms with Crippen LogP contribution in [-0.4, -0.2) is 31.8 Å². The van der Waals surface area contributed by atoms with Crippen molar-refractivity contribution in [2.24, 2.45) is 0 Å². The van der Waals surface area contributed by atoms with Gasteiger partial charge in [0.25, 0.3) is 16.9 Å². The van der Waals surface area contributed by atoms with Crippen LogP contribution in [0.25, 0.3) is 17.6 Å². The number of benzene rings is 1. The number of aromatic nitrogens is 4. The number of rotatable bonds is 3. The SMILES string of the molecule is COc1ccc(C(O)=Cc2nc3nc(C)cc(=O)n3[nH]c2=O)cc1. The Labute approximate surface area is 135 Å². The number of fused-ring (bicyclic) bond motifs is 1. The van der Waals surface area contributed by atoms with E-state index in [1.54, 1.807) is 38.3 Å². The first-order chi connectivity index (χ1) is 11.5. The van der Waals surface area contributed by atoms with E-state index in [1.165, 1.54) is 12.1 Å². The molecule has 0 amide bonds. The van der Waals surface area contributed by atoms with Gasteiger partial charge in [0.15, 0.2) is 0 Å². The summed E-state index contributed by atoms with van der Waals surface area (Å²) in [7, 11) is 1.54. The van der Waals surface area contributed by atoms with Crippen LogP contribution in [0.2, 0.25) is 0 Å². The van der Waals surface area contributed by atoms with Crippen molar-refractivity contribution in [2.45, 2.75) is 6.92 Å². The lowest BCUT2D eigenvalue weighted by Gasteiger charge is -2.04. The van der Waals surface area contributed by atoms with Gasteiger partial charge in [0, 0.05) is 23.4 Å². The van der Waals surface area contributed by atoms with Gasteiger partial charge in [-0.3, -0.25) is 14.7 Å². The zero-order valence-corrected chi connectivity index (χ0v) is 13.0. The summed E-state index contributed by atoms with van der Waals surface area (Å²) in [5, 5.41) is 12.6. The van der Waals surface area contributed by atoms with Gasteiger partial charge in [-0.15, -0.1) is 0 Å². The lowest BCUT2D eigenvalue weighted by Crippen LogP contribution is -2.26. The largest absolute Gasteiger partial charge is 0.507 e. The molecule has 2 heterocycles. The van der Waals surface area contributed by atoms with Crippen molar-refractivity contribution in [2.75, 3.05) is 7.11 Å². The molecular formula is C16H14N4O4. The summed E-state index contributed by atoms with van der Waals surface area (Å²) in [6.45, 7) is 1.65. The van der Waals surface area contributed by atoms with Crippen LogP contribution in [-0.2, 0) is 0 Å². The molecule has 0 aliphatic carbocycles. The molecule has 0 saturated carbocycles. The smallest absolute Gasteiger partial charge is 0.289 e. The van der Waals surface area contributed by atoms with Crippen molar-refractivity contribution in [1.82, 2.24) is 19.6 Å². The summed E-state index contributed by atoms with van der Waals surface area (Å²) in [6.07, 6.45) is 1.22. The van der Waals surface area contributed by atoms with E-state index in [4.69, 9.17) is 4.74 Å². The Hall–Kier alpha value is -3.42. The lowest BCUT2D eigenvalue weighted by atomic mass is 10.1. The number of methoxy groups -OCH3 is 1. The Morgan fingerprint density at radius 3 is 2.62 bits per heavy atom. The number of nitrogens with one attached hydrogen (secondary N) is 1. The second kappa shape index (κ2) is 5.99. The average molecular weight is 326 g/mol.